The zero-order valence-corrected chi connectivity index (χ0v) is 19.2. The highest BCUT2D eigenvalue weighted by Gasteiger charge is 2.39. The molecule has 0 spiro atoms. The van der Waals surface area contributed by atoms with Crippen molar-refractivity contribution in [3.63, 3.8) is 0 Å². The number of allylic oxidation sites excluding steroid dienone is 1. The van der Waals surface area contributed by atoms with Gasteiger partial charge in [0.25, 0.3) is 0 Å². The molecular weight excluding hydrogens is 400 g/mol. The Morgan fingerprint density at radius 2 is 1.44 bits per heavy atom. The molecule has 0 aliphatic heterocycles. The summed E-state index contributed by atoms with van der Waals surface area (Å²) < 4.78 is 5.80. The molecule has 1 fully saturated rings. The summed E-state index contributed by atoms with van der Waals surface area (Å²) in [6, 6.07) is 16.3. The molecular formula is C28H30O4. The molecule has 0 unspecified atom stereocenters. The quantitative estimate of drug-likeness (QED) is 0.350. The van der Waals surface area contributed by atoms with Crippen LogP contribution in [0.3, 0.4) is 0 Å². The number of hydrogen-bond acceptors (Lipinski definition) is 4. The number of rotatable bonds is 5. The van der Waals surface area contributed by atoms with E-state index in [-0.39, 0.29) is 59.4 Å². The van der Waals surface area contributed by atoms with Crippen LogP contribution in [-0.4, -0.2) is 24.1 Å². The van der Waals surface area contributed by atoms with E-state index in [4.69, 9.17) is 4.74 Å². The van der Waals surface area contributed by atoms with Gasteiger partial charge in [0.2, 0.25) is 0 Å². The van der Waals surface area contributed by atoms with E-state index in [1.54, 1.807) is 0 Å². The molecule has 0 amide bonds. The molecule has 0 heterocycles. The van der Waals surface area contributed by atoms with Gasteiger partial charge in [-0.05, 0) is 40.0 Å². The van der Waals surface area contributed by atoms with Crippen LogP contribution < -0.4 is 0 Å². The lowest BCUT2D eigenvalue weighted by molar-refractivity contribution is -0.140. The van der Waals surface area contributed by atoms with Crippen molar-refractivity contribution >= 4 is 17.5 Å². The van der Waals surface area contributed by atoms with Crippen molar-refractivity contribution in [2.45, 2.75) is 52.9 Å². The van der Waals surface area contributed by atoms with Crippen molar-refractivity contribution in [1.29, 1.82) is 0 Å². The van der Waals surface area contributed by atoms with Gasteiger partial charge in [0.1, 0.15) is 6.61 Å². The van der Waals surface area contributed by atoms with Crippen LogP contribution in [0, 0.1) is 11.3 Å². The van der Waals surface area contributed by atoms with E-state index in [1.807, 2.05) is 52.0 Å². The number of ketones is 2. The molecule has 2 aliphatic carbocycles. The molecule has 32 heavy (non-hydrogen) atoms. The molecule has 4 nitrogen and oxygen atoms in total. The fraction of sp³-hybridized carbons (Fsp3) is 0.393. The molecule has 0 aromatic heterocycles. The first-order valence-corrected chi connectivity index (χ1v) is 11.3. The Hall–Kier alpha value is -3.01. The number of esters is 1. The molecule has 0 radical (unpaired) electrons. The predicted octanol–water partition coefficient (Wildman–Crippen LogP) is 5.64. The Morgan fingerprint density at radius 1 is 0.938 bits per heavy atom. The first-order chi connectivity index (χ1) is 15.2. The maximum absolute atomic E-state index is 13.2. The standard InChI is InChI=1S/C28H30O4/c1-17(2)13-22(26-24(29)14-28(3,4)15-25(26)30)27(31)32-16-23-20-11-7-5-9-18(20)19-10-6-8-12-21(19)23/h5-12,17,23H,13-16H2,1-4H3. The number of carbonyl (C=O) groups is 3. The highest BCUT2D eigenvalue weighted by molar-refractivity contribution is 6.25. The van der Waals surface area contributed by atoms with E-state index in [9.17, 15) is 14.4 Å². The van der Waals surface area contributed by atoms with Crippen LogP contribution in [0.1, 0.15) is 64.0 Å². The minimum Gasteiger partial charge on any atom is -0.461 e. The fourth-order valence-electron chi connectivity index (χ4n) is 4.98. The number of ether oxygens (including phenoxy) is 1. The average Bonchev–Trinajstić information content (AvgIpc) is 3.03. The summed E-state index contributed by atoms with van der Waals surface area (Å²) >= 11 is 0. The van der Waals surface area contributed by atoms with Gasteiger partial charge >= 0.3 is 5.97 Å². The summed E-state index contributed by atoms with van der Waals surface area (Å²) in [7, 11) is 0. The number of benzene rings is 2. The number of hydrogen-bond donors (Lipinski definition) is 0. The van der Waals surface area contributed by atoms with Crippen LogP contribution in [0.4, 0.5) is 0 Å². The summed E-state index contributed by atoms with van der Waals surface area (Å²) in [5.41, 5.74) is 4.51. The third-order valence-corrected chi connectivity index (χ3v) is 6.34. The highest BCUT2D eigenvalue weighted by atomic mass is 16.5. The van der Waals surface area contributed by atoms with E-state index in [2.05, 4.69) is 24.3 Å². The molecule has 0 N–H and O–H groups in total. The van der Waals surface area contributed by atoms with Crippen LogP contribution in [0.25, 0.3) is 11.1 Å². The second-order valence-corrected chi connectivity index (χ2v) is 10.1. The van der Waals surface area contributed by atoms with Crippen molar-refractivity contribution in [2.75, 3.05) is 6.61 Å². The molecule has 0 bridgehead atoms. The molecule has 0 saturated heterocycles. The predicted molar refractivity (Wildman–Crippen MR) is 124 cm³/mol. The fourth-order valence-corrected chi connectivity index (χ4v) is 4.98. The third kappa shape index (κ3) is 4.19. The van der Waals surface area contributed by atoms with E-state index in [0.29, 0.717) is 6.42 Å². The van der Waals surface area contributed by atoms with E-state index >= 15 is 0 Å². The Bertz CT molecular complexity index is 1050. The summed E-state index contributed by atoms with van der Waals surface area (Å²) in [5, 5.41) is 0. The first-order valence-electron chi connectivity index (χ1n) is 11.3. The van der Waals surface area contributed by atoms with Gasteiger partial charge in [0.05, 0.1) is 11.1 Å². The van der Waals surface area contributed by atoms with Crippen LogP contribution >= 0.6 is 0 Å². The largest absolute Gasteiger partial charge is 0.461 e. The summed E-state index contributed by atoms with van der Waals surface area (Å²) in [6.45, 7) is 7.94. The highest BCUT2D eigenvalue weighted by Crippen LogP contribution is 2.44. The topological polar surface area (TPSA) is 60.4 Å². The smallest absolute Gasteiger partial charge is 0.334 e. The van der Waals surface area contributed by atoms with E-state index in [1.165, 1.54) is 0 Å². The van der Waals surface area contributed by atoms with Gasteiger partial charge in [-0.15, -0.1) is 0 Å². The van der Waals surface area contributed by atoms with Gasteiger partial charge in [-0.1, -0.05) is 76.2 Å². The lowest BCUT2D eigenvalue weighted by Crippen LogP contribution is -2.34. The molecule has 4 heteroatoms. The van der Waals surface area contributed by atoms with Crippen molar-refractivity contribution < 1.29 is 19.1 Å². The lowest BCUT2D eigenvalue weighted by atomic mass is 9.72. The lowest BCUT2D eigenvalue weighted by Gasteiger charge is -2.29. The van der Waals surface area contributed by atoms with Gasteiger partial charge in [-0.3, -0.25) is 9.59 Å². The Morgan fingerprint density at radius 3 is 1.94 bits per heavy atom. The number of fused-ring (bicyclic) bond motifs is 3. The minimum absolute atomic E-state index is 0.0617. The molecule has 4 rings (SSSR count). The molecule has 2 aromatic rings. The molecule has 166 valence electrons. The Labute approximate surface area is 189 Å². The maximum Gasteiger partial charge on any atom is 0.334 e. The Kier molecular flexibility index (Phi) is 5.89. The molecule has 2 aliphatic rings. The van der Waals surface area contributed by atoms with Crippen molar-refractivity contribution in [3.8, 4) is 11.1 Å². The number of Topliss-reactive ketones (excluding diaryl/α,β-unsaturated/α-hetero) is 2. The van der Waals surface area contributed by atoms with Gasteiger partial charge in [0, 0.05) is 18.8 Å². The van der Waals surface area contributed by atoms with Crippen LogP contribution in [0.2, 0.25) is 0 Å². The average molecular weight is 431 g/mol. The minimum atomic E-state index is -0.544. The van der Waals surface area contributed by atoms with Crippen molar-refractivity contribution in [2.24, 2.45) is 11.3 Å². The SMILES string of the molecule is CC(C)CC(C(=O)OCC1c2ccccc2-c2ccccc21)=C1C(=O)CC(C)(C)CC1=O. The molecule has 1 saturated carbocycles. The van der Waals surface area contributed by atoms with Crippen molar-refractivity contribution in [1.82, 2.24) is 0 Å². The Balaban J connectivity index is 1.62. The van der Waals surface area contributed by atoms with Gasteiger partial charge < -0.3 is 4.74 Å². The normalized spacial score (nSPS) is 17.3. The van der Waals surface area contributed by atoms with Gasteiger partial charge in [-0.2, -0.15) is 0 Å². The molecule has 0 atom stereocenters. The van der Waals surface area contributed by atoms with Crippen LogP contribution in [-0.2, 0) is 19.1 Å². The first kappa shape index (κ1) is 22.2. The summed E-state index contributed by atoms with van der Waals surface area (Å²) in [4.78, 5) is 38.9. The summed E-state index contributed by atoms with van der Waals surface area (Å²) in [5.74, 6) is -0.968. The van der Waals surface area contributed by atoms with Gasteiger partial charge in [0.15, 0.2) is 11.6 Å². The van der Waals surface area contributed by atoms with E-state index < -0.39 is 5.97 Å². The maximum atomic E-state index is 13.2. The third-order valence-electron chi connectivity index (χ3n) is 6.34. The zero-order chi connectivity index (χ0) is 23.0. The molecule has 2 aromatic carbocycles. The van der Waals surface area contributed by atoms with Gasteiger partial charge in [-0.25, -0.2) is 4.79 Å². The summed E-state index contributed by atoms with van der Waals surface area (Å²) in [6.07, 6.45) is 0.891. The number of carbonyl (C=O) groups excluding carboxylic acids is 3. The monoisotopic (exact) mass is 430 g/mol. The second kappa shape index (κ2) is 8.50. The van der Waals surface area contributed by atoms with Crippen molar-refractivity contribution in [3.05, 3.63) is 70.8 Å². The second-order valence-electron chi connectivity index (χ2n) is 10.1. The van der Waals surface area contributed by atoms with Crippen LogP contribution in [0.5, 0.6) is 0 Å². The van der Waals surface area contributed by atoms with Crippen LogP contribution in [0.15, 0.2) is 59.7 Å². The van der Waals surface area contributed by atoms with E-state index in [0.717, 1.165) is 22.3 Å². The zero-order valence-electron chi connectivity index (χ0n) is 19.2.